The van der Waals surface area contributed by atoms with Crippen LogP contribution in [0.1, 0.15) is 32.6 Å². The number of nitrogens with one attached hydrogen (secondary N) is 1. The Balaban J connectivity index is 1.61. The Bertz CT molecular complexity index is 396. The van der Waals surface area contributed by atoms with Crippen LogP contribution in [0.5, 0.6) is 0 Å². The van der Waals surface area contributed by atoms with Gasteiger partial charge in [0.05, 0.1) is 11.7 Å². The van der Waals surface area contributed by atoms with Gasteiger partial charge in [-0.2, -0.15) is 0 Å². The fourth-order valence-electron chi connectivity index (χ4n) is 2.95. The van der Waals surface area contributed by atoms with E-state index in [1.54, 1.807) is 6.20 Å². The summed E-state index contributed by atoms with van der Waals surface area (Å²) in [6, 6.07) is 0. The third-order valence-electron chi connectivity index (χ3n) is 4.04. The zero-order valence-electron chi connectivity index (χ0n) is 11.6. The zero-order chi connectivity index (χ0) is 13.7. The number of nitrogens with two attached hydrogens (primary N) is 1. The number of aromatic nitrogens is 2. The van der Waals surface area contributed by atoms with E-state index in [9.17, 15) is 4.79 Å². The number of unbranched alkanes of at least 4 members (excludes halogenated alkanes) is 1. The maximum Gasteiger partial charge on any atom is 0.227 e. The van der Waals surface area contributed by atoms with Gasteiger partial charge in [0, 0.05) is 32.0 Å². The van der Waals surface area contributed by atoms with Crippen LogP contribution >= 0.6 is 0 Å². The molecule has 106 valence electrons. The minimum atomic E-state index is -0.274. The molecular weight excluding hydrogens is 240 g/mol. The quantitative estimate of drug-likeness (QED) is 0.726. The molecule has 5 heteroatoms. The first kappa shape index (κ1) is 14.1. The van der Waals surface area contributed by atoms with Crippen molar-refractivity contribution in [2.45, 2.75) is 39.2 Å². The minimum absolute atomic E-state index is 0.149. The molecule has 1 aromatic heterocycles. The summed E-state index contributed by atoms with van der Waals surface area (Å²) in [4.78, 5) is 16.1. The highest BCUT2D eigenvalue weighted by molar-refractivity contribution is 5.83. The van der Waals surface area contributed by atoms with Crippen molar-refractivity contribution in [3.8, 4) is 0 Å². The van der Waals surface area contributed by atoms with Crippen LogP contribution in [0.4, 0.5) is 0 Å². The van der Waals surface area contributed by atoms with E-state index in [2.05, 4.69) is 21.8 Å². The van der Waals surface area contributed by atoms with Gasteiger partial charge in [0.15, 0.2) is 0 Å². The molecule has 0 unspecified atom stereocenters. The summed E-state index contributed by atoms with van der Waals surface area (Å²) in [5, 5.41) is 3.03. The van der Waals surface area contributed by atoms with Crippen molar-refractivity contribution >= 4 is 5.91 Å². The summed E-state index contributed by atoms with van der Waals surface area (Å²) >= 11 is 0. The first-order valence-corrected chi connectivity index (χ1v) is 7.10. The number of nitrogens with zero attached hydrogens (tertiary/aromatic N) is 2. The number of carbonyl (C=O) groups is 1. The topological polar surface area (TPSA) is 72.9 Å². The van der Waals surface area contributed by atoms with Gasteiger partial charge in [-0.25, -0.2) is 4.98 Å². The molecule has 0 atom stereocenters. The van der Waals surface area contributed by atoms with E-state index in [0.29, 0.717) is 12.5 Å². The smallest absolute Gasteiger partial charge is 0.227 e. The lowest BCUT2D eigenvalue weighted by Crippen LogP contribution is -2.53. The van der Waals surface area contributed by atoms with E-state index in [1.165, 1.54) is 0 Å². The molecule has 1 saturated carbocycles. The summed E-state index contributed by atoms with van der Waals surface area (Å²) in [5.41, 5.74) is 5.48. The molecule has 19 heavy (non-hydrogen) atoms. The molecule has 1 fully saturated rings. The van der Waals surface area contributed by atoms with E-state index in [1.807, 2.05) is 12.5 Å². The predicted molar refractivity (Wildman–Crippen MR) is 74.4 cm³/mol. The number of rotatable bonds is 7. The lowest BCUT2D eigenvalue weighted by molar-refractivity contribution is -0.138. The normalized spacial score (nSPS) is 25.9. The second kappa shape index (κ2) is 6.19. The Morgan fingerprint density at radius 3 is 2.89 bits per heavy atom. The molecule has 0 bridgehead atoms. The zero-order valence-corrected chi connectivity index (χ0v) is 11.6. The molecule has 0 aromatic carbocycles. The van der Waals surface area contributed by atoms with Gasteiger partial charge in [-0.15, -0.1) is 0 Å². The van der Waals surface area contributed by atoms with Crippen LogP contribution in [-0.2, 0) is 11.3 Å². The number of hydrogen-bond donors (Lipinski definition) is 2. The summed E-state index contributed by atoms with van der Waals surface area (Å²) in [7, 11) is 0. The third-order valence-corrected chi connectivity index (χ3v) is 4.04. The van der Waals surface area contributed by atoms with Crippen LogP contribution in [-0.4, -0.2) is 28.5 Å². The molecule has 5 nitrogen and oxygen atoms in total. The standard InChI is InChI=1S/C14H24N4O/c1-12-8-14(9-12,10-15)13(19)17-4-2-3-6-18-7-5-16-11-18/h5,7,11-12H,2-4,6,8-10,15H2,1H3,(H,17,19). The van der Waals surface area contributed by atoms with Gasteiger partial charge in [0.1, 0.15) is 0 Å². The molecule has 0 radical (unpaired) electrons. The number of imidazole rings is 1. The van der Waals surface area contributed by atoms with Crippen LogP contribution in [0, 0.1) is 11.3 Å². The molecule has 1 aliphatic carbocycles. The van der Waals surface area contributed by atoms with Gasteiger partial charge in [0.2, 0.25) is 5.91 Å². The van der Waals surface area contributed by atoms with Crippen molar-refractivity contribution < 1.29 is 4.79 Å². The van der Waals surface area contributed by atoms with Crippen molar-refractivity contribution in [1.29, 1.82) is 0 Å². The fraction of sp³-hybridized carbons (Fsp3) is 0.714. The van der Waals surface area contributed by atoms with E-state index < -0.39 is 0 Å². The lowest BCUT2D eigenvalue weighted by atomic mass is 9.62. The largest absolute Gasteiger partial charge is 0.356 e. The second-order valence-electron chi connectivity index (χ2n) is 5.76. The van der Waals surface area contributed by atoms with Gasteiger partial charge < -0.3 is 15.6 Å². The number of hydrogen-bond acceptors (Lipinski definition) is 3. The average molecular weight is 264 g/mol. The van der Waals surface area contributed by atoms with E-state index in [-0.39, 0.29) is 11.3 Å². The molecular formula is C14H24N4O. The second-order valence-corrected chi connectivity index (χ2v) is 5.76. The first-order valence-electron chi connectivity index (χ1n) is 7.10. The van der Waals surface area contributed by atoms with E-state index in [4.69, 9.17) is 5.73 Å². The lowest BCUT2D eigenvalue weighted by Gasteiger charge is -2.44. The third kappa shape index (κ3) is 3.35. The van der Waals surface area contributed by atoms with Crippen molar-refractivity contribution in [1.82, 2.24) is 14.9 Å². The Hall–Kier alpha value is -1.36. The Kier molecular flexibility index (Phi) is 4.58. The molecule has 1 aromatic rings. The Morgan fingerprint density at radius 2 is 2.32 bits per heavy atom. The van der Waals surface area contributed by atoms with Crippen LogP contribution in [0.15, 0.2) is 18.7 Å². The van der Waals surface area contributed by atoms with Crippen LogP contribution < -0.4 is 11.1 Å². The van der Waals surface area contributed by atoms with E-state index >= 15 is 0 Å². The number of amides is 1. The fourth-order valence-corrected chi connectivity index (χ4v) is 2.95. The van der Waals surface area contributed by atoms with Crippen LogP contribution in [0.2, 0.25) is 0 Å². The Labute approximate surface area is 114 Å². The summed E-state index contributed by atoms with van der Waals surface area (Å²) in [6.45, 7) is 4.34. The van der Waals surface area contributed by atoms with Crippen molar-refractivity contribution in [3.63, 3.8) is 0 Å². The summed E-state index contributed by atoms with van der Waals surface area (Å²) in [5.74, 6) is 0.784. The van der Waals surface area contributed by atoms with Crippen molar-refractivity contribution in [3.05, 3.63) is 18.7 Å². The molecule has 0 aliphatic heterocycles. The van der Waals surface area contributed by atoms with Gasteiger partial charge in [-0.3, -0.25) is 4.79 Å². The number of carbonyl (C=O) groups excluding carboxylic acids is 1. The number of aryl methyl sites for hydroxylation is 1. The molecule has 1 heterocycles. The maximum absolute atomic E-state index is 12.1. The maximum atomic E-state index is 12.1. The highest BCUT2D eigenvalue weighted by Gasteiger charge is 2.46. The van der Waals surface area contributed by atoms with Crippen molar-refractivity contribution in [2.75, 3.05) is 13.1 Å². The highest BCUT2D eigenvalue weighted by Crippen LogP contribution is 2.44. The molecule has 2 rings (SSSR count). The molecule has 1 aliphatic rings. The molecule has 3 N–H and O–H groups in total. The van der Waals surface area contributed by atoms with Crippen LogP contribution in [0.3, 0.4) is 0 Å². The van der Waals surface area contributed by atoms with Crippen molar-refractivity contribution in [2.24, 2.45) is 17.1 Å². The van der Waals surface area contributed by atoms with Crippen LogP contribution in [0.25, 0.3) is 0 Å². The summed E-state index contributed by atoms with van der Waals surface area (Å²) in [6.07, 6.45) is 9.46. The molecule has 1 amide bonds. The Morgan fingerprint density at radius 1 is 1.53 bits per heavy atom. The van der Waals surface area contributed by atoms with Gasteiger partial charge >= 0.3 is 0 Å². The van der Waals surface area contributed by atoms with Gasteiger partial charge in [-0.1, -0.05) is 6.92 Å². The SMILES string of the molecule is CC1CC(CN)(C(=O)NCCCCn2ccnc2)C1. The summed E-state index contributed by atoms with van der Waals surface area (Å²) < 4.78 is 2.05. The van der Waals surface area contributed by atoms with Gasteiger partial charge in [-0.05, 0) is 31.6 Å². The first-order chi connectivity index (χ1) is 9.16. The minimum Gasteiger partial charge on any atom is -0.356 e. The highest BCUT2D eigenvalue weighted by atomic mass is 16.2. The molecule has 0 spiro atoms. The van der Waals surface area contributed by atoms with E-state index in [0.717, 1.165) is 38.8 Å². The average Bonchev–Trinajstić information content (AvgIpc) is 2.87. The molecule has 0 saturated heterocycles. The predicted octanol–water partition coefficient (Wildman–Crippen LogP) is 1.15. The monoisotopic (exact) mass is 264 g/mol. The van der Waals surface area contributed by atoms with Gasteiger partial charge in [0.25, 0.3) is 0 Å².